The lowest BCUT2D eigenvalue weighted by Gasteiger charge is -2.18. The highest BCUT2D eigenvalue weighted by Crippen LogP contribution is 2.27. The molecule has 1 amide bonds. The van der Waals surface area contributed by atoms with Gasteiger partial charge < -0.3 is 14.5 Å². The summed E-state index contributed by atoms with van der Waals surface area (Å²) < 4.78 is 11.2. The van der Waals surface area contributed by atoms with Gasteiger partial charge in [0.25, 0.3) is 5.91 Å². The largest absolute Gasteiger partial charge is 0.464 e. The van der Waals surface area contributed by atoms with Crippen LogP contribution in [0.4, 0.5) is 0 Å². The fourth-order valence-electron chi connectivity index (χ4n) is 3.21. The molecule has 1 saturated carbocycles. The first kappa shape index (κ1) is 18.3. The molecule has 144 valence electrons. The van der Waals surface area contributed by atoms with Gasteiger partial charge in [0.1, 0.15) is 5.58 Å². The highest BCUT2D eigenvalue weighted by atomic mass is 16.5. The van der Waals surface area contributed by atoms with Gasteiger partial charge in [-0.15, -0.1) is 0 Å². The highest BCUT2D eigenvalue weighted by Gasteiger charge is 2.31. The maximum Gasteiger partial charge on any atom is 0.311 e. The van der Waals surface area contributed by atoms with Crippen LogP contribution in [0.1, 0.15) is 41.2 Å². The van der Waals surface area contributed by atoms with Crippen LogP contribution in [0.2, 0.25) is 0 Å². The summed E-state index contributed by atoms with van der Waals surface area (Å²) in [6.45, 7) is 4.05. The number of amides is 1. The number of esters is 1. The summed E-state index contributed by atoms with van der Waals surface area (Å²) in [4.78, 5) is 25.3. The molecule has 0 unspecified atom stereocenters. The zero-order valence-electron chi connectivity index (χ0n) is 16.0. The molecular weight excluding hydrogens is 354 g/mol. The molecule has 3 aromatic rings. The second kappa shape index (κ2) is 7.50. The van der Waals surface area contributed by atoms with Crippen LogP contribution in [0.25, 0.3) is 11.0 Å². The Labute approximate surface area is 163 Å². The fourth-order valence-corrected chi connectivity index (χ4v) is 3.21. The van der Waals surface area contributed by atoms with Crippen LogP contribution in [0, 0.1) is 13.8 Å². The van der Waals surface area contributed by atoms with E-state index in [-0.39, 0.29) is 18.4 Å². The molecule has 1 atom stereocenters. The fraction of sp³-hybridized carbons (Fsp3) is 0.304. The minimum atomic E-state index is -0.948. The molecule has 1 aromatic heterocycles. The van der Waals surface area contributed by atoms with Gasteiger partial charge in [-0.05, 0) is 49.9 Å². The lowest BCUT2D eigenvalue weighted by molar-refractivity contribution is -0.155. The second-order valence-corrected chi connectivity index (χ2v) is 7.43. The van der Waals surface area contributed by atoms with E-state index >= 15 is 0 Å². The Balaban J connectivity index is 1.53. The molecule has 0 spiro atoms. The molecule has 5 heteroatoms. The smallest absolute Gasteiger partial charge is 0.311 e. The summed E-state index contributed by atoms with van der Waals surface area (Å²) in [5, 5.41) is 3.83. The Morgan fingerprint density at radius 1 is 1.14 bits per heavy atom. The number of benzene rings is 2. The third kappa shape index (κ3) is 3.93. The van der Waals surface area contributed by atoms with E-state index in [0.717, 1.165) is 40.5 Å². The van der Waals surface area contributed by atoms with Crippen molar-refractivity contribution in [3.05, 3.63) is 71.0 Å². The lowest BCUT2D eigenvalue weighted by Crippen LogP contribution is -2.33. The Morgan fingerprint density at radius 2 is 1.86 bits per heavy atom. The van der Waals surface area contributed by atoms with Gasteiger partial charge in [-0.2, -0.15) is 0 Å². The number of nitrogens with one attached hydrogen (secondary N) is 1. The van der Waals surface area contributed by atoms with E-state index in [1.807, 2.05) is 44.2 Å². The normalized spacial score (nSPS) is 14.6. The maximum atomic E-state index is 12.7. The molecule has 4 rings (SSSR count). The van der Waals surface area contributed by atoms with E-state index in [1.165, 1.54) is 0 Å². The topological polar surface area (TPSA) is 68.5 Å². The van der Waals surface area contributed by atoms with Crippen molar-refractivity contribution in [3.8, 4) is 0 Å². The van der Waals surface area contributed by atoms with Crippen LogP contribution in [0.15, 0.2) is 53.1 Å². The summed E-state index contributed by atoms with van der Waals surface area (Å²) in [6, 6.07) is 13.3. The van der Waals surface area contributed by atoms with Crippen LogP contribution in [-0.4, -0.2) is 17.9 Å². The predicted octanol–water partition coefficient (Wildman–Crippen LogP) is 4.16. The molecule has 2 aromatic carbocycles. The summed E-state index contributed by atoms with van der Waals surface area (Å²) >= 11 is 0. The lowest BCUT2D eigenvalue weighted by atomic mass is 10.0. The van der Waals surface area contributed by atoms with E-state index in [9.17, 15) is 9.59 Å². The Hall–Kier alpha value is -3.08. The SMILES string of the molecule is Cc1cc2occ(CC(=O)O[C@@H](C(=O)NC3CC3)c3ccccc3)c2cc1C. The number of carbonyl (C=O) groups excluding carboxylic acids is 2. The first-order chi connectivity index (χ1) is 13.5. The Bertz CT molecular complexity index is 1020. The molecule has 0 aliphatic heterocycles. The van der Waals surface area contributed by atoms with Gasteiger partial charge in [0.2, 0.25) is 6.10 Å². The molecule has 5 nitrogen and oxygen atoms in total. The number of hydrogen-bond donors (Lipinski definition) is 1. The summed E-state index contributed by atoms with van der Waals surface area (Å²) in [7, 11) is 0. The van der Waals surface area contributed by atoms with Crippen molar-refractivity contribution >= 4 is 22.8 Å². The first-order valence-corrected chi connectivity index (χ1v) is 9.53. The Kier molecular flexibility index (Phi) is 4.90. The van der Waals surface area contributed by atoms with Gasteiger partial charge in [-0.3, -0.25) is 9.59 Å². The van der Waals surface area contributed by atoms with Gasteiger partial charge in [-0.1, -0.05) is 30.3 Å². The van der Waals surface area contributed by atoms with Crippen molar-refractivity contribution in [3.63, 3.8) is 0 Å². The van der Waals surface area contributed by atoms with E-state index < -0.39 is 12.1 Å². The second-order valence-electron chi connectivity index (χ2n) is 7.43. The number of fused-ring (bicyclic) bond motifs is 1. The molecule has 28 heavy (non-hydrogen) atoms. The highest BCUT2D eigenvalue weighted by molar-refractivity contribution is 5.89. The standard InChI is InChI=1S/C23H23NO4/c1-14-10-19-17(13-27-20(19)11-15(14)2)12-21(25)28-22(16-6-4-3-5-7-16)23(26)24-18-8-9-18/h3-7,10-11,13,18,22H,8-9,12H2,1-2H3,(H,24,26)/t22-/m1/s1. The zero-order valence-corrected chi connectivity index (χ0v) is 16.0. The number of hydrogen-bond acceptors (Lipinski definition) is 4. The first-order valence-electron chi connectivity index (χ1n) is 9.53. The van der Waals surface area contributed by atoms with Crippen molar-refractivity contribution in [2.24, 2.45) is 0 Å². The minimum absolute atomic E-state index is 0.0511. The summed E-state index contributed by atoms with van der Waals surface area (Å²) in [6.07, 6.45) is 2.64. The van der Waals surface area contributed by atoms with E-state index in [1.54, 1.807) is 18.4 Å². The van der Waals surface area contributed by atoms with Gasteiger partial charge >= 0.3 is 5.97 Å². The molecule has 1 aliphatic rings. The van der Waals surface area contributed by atoms with Gasteiger partial charge in [0.15, 0.2) is 0 Å². The van der Waals surface area contributed by atoms with Crippen molar-refractivity contribution < 1.29 is 18.7 Å². The maximum absolute atomic E-state index is 12.7. The number of rotatable bonds is 6. The van der Waals surface area contributed by atoms with Gasteiger partial charge in [0.05, 0.1) is 12.7 Å². The quantitative estimate of drug-likeness (QED) is 0.655. The van der Waals surface area contributed by atoms with Crippen molar-refractivity contribution in [1.29, 1.82) is 0 Å². The molecular formula is C23H23NO4. The predicted molar refractivity (Wildman–Crippen MR) is 106 cm³/mol. The van der Waals surface area contributed by atoms with Crippen LogP contribution < -0.4 is 5.32 Å². The average molecular weight is 377 g/mol. The molecule has 0 radical (unpaired) electrons. The van der Waals surface area contributed by atoms with Crippen LogP contribution in [0.5, 0.6) is 0 Å². The van der Waals surface area contributed by atoms with E-state index in [2.05, 4.69) is 5.32 Å². The van der Waals surface area contributed by atoms with Crippen LogP contribution in [-0.2, 0) is 20.7 Å². The number of carbonyl (C=O) groups is 2. The van der Waals surface area contributed by atoms with Crippen molar-refractivity contribution in [1.82, 2.24) is 5.32 Å². The average Bonchev–Trinajstić information content (AvgIpc) is 3.42. The van der Waals surface area contributed by atoms with E-state index in [0.29, 0.717) is 5.56 Å². The monoisotopic (exact) mass is 377 g/mol. The summed E-state index contributed by atoms with van der Waals surface area (Å²) in [5.41, 5.74) is 4.44. The number of furan rings is 1. The van der Waals surface area contributed by atoms with E-state index in [4.69, 9.17) is 9.15 Å². The molecule has 0 saturated heterocycles. The zero-order chi connectivity index (χ0) is 19.7. The van der Waals surface area contributed by atoms with Crippen LogP contribution in [0.3, 0.4) is 0 Å². The molecule has 0 bridgehead atoms. The number of aryl methyl sites for hydroxylation is 2. The van der Waals surface area contributed by atoms with Crippen molar-refractivity contribution in [2.75, 3.05) is 0 Å². The van der Waals surface area contributed by atoms with Gasteiger partial charge in [0, 0.05) is 22.6 Å². The van der Waals surface area contributed by atoms with Crippen LogP contribution >= 0.6 is 0 Å². The number of ether oxygens (including phenoxy) is 1. The third-order valence-electron chi connectivity index (χ3n) is 5.12. The van der Waals surface area contributed by atoms with Crippen molar-refractivity contribution in [2.45, 2.75) is 45.3 Å². The molecule has 1 fully saturated rings. The molecule has 1 heterocycles. The minimum Gasteiger partial charge on any atom is -0.464 e. The molecule has 1 aliphatic carbocycles. The third-order valence-corrected chi connectivity index (χ3v) is 5.12. The molecule has 1 N–H and O–H groups in total. The Morgan fingerprint density at radius 3 is 2.57 bits per heavy atom. The van der Waals surface area contributed by atoms with Gasteiger partial charge in [-0.25, -0.2) is 0 Å². The summed E-state index contributed by atoms with van der Waals surface area (Å²) in [5.74, 6) is -0.730.